The number of carbonyl (C=O) groups excluding carboxylic acids is 1. The van der Waals surface area contributed by atoms with Gasteiger partial charge in [-0.2, -0.15) is 0 Å². The van der Waals surface area contributed by atoms with Crippen LogP contribution in [0.5, 0.6) is 0 Å². The summed E-state index contributed by atoms with van der Waals surface area (Å²) in [6.45, 7) is 9.85. The van der Waals surface area contributed by atoms with Crippen LogP contribution in [-0.4, -0.2) is 41.0 Å². The fraction of sp³-hybridized carbons (Fsp3) is 0.667. The van der Waals surface area contributed by atoms with Gasteiger partial charge in [0, 0.05) is 44.0 Å². The zero-order chi connectivity index (χ0) is 13.2. The lowest BCUT2D eigenvalue weighted by atomic mass is 10.00. The zero-order valence-electron chi connectivity index (χ0n) is 11.1. The van der Waals surface area contributed by atoms with Gasteiger partial charge in [-0.25, -0.2) is 4.98 Å². The smallest absolute Gasteiger partial charge is 0.223 e. The second kappa shape index (κ2) is 5.34. The minimum absolute atomic E-state index is 0.0709. The summed E-state index contributed by atoms with van der Waals surface area (Å²) in [6.07, 6.45) is 0. The Morgan fingerprint density at radius 1 is 1.67 bits per heavy atom. The van der Waals surface area contributed by atoms with Gasteiger partial charge in [-0.3, -0.25) is 9.69 Å². The lowest BCUT2D eigenvalue weighted by Crippen LogP contribution is -2.57. The SMILES string of the molecule is CC(=O)Nc1nc(CN2CCNCC2(C)C)cs1. The lowest BCUT2D eigenvalue weighted by Gasteiger charge is -2.42. The molecule has 0 aromatic carbocycles. The third kappa shape index (κ3) is 3.28. The lowest BCUT2D eigenvalue weighted by molar-refractivity contribution is -0.114. The van der Waals surface area contributed by atoms with Gasteiger partial charge in [-0.15, -0.1) is 11.3 Å². The van der Waals surface area contributed by atoms with Gasteiger partial charge in [0.25, 0.3) is 0 Å². The standard InChI is InChI=1S/C12H20N4OS/c1-9(17)14-11-15-10(7-18-11)6-16-5-4-13-8-12(16,2)3/h7,13H,4-6,8H2,1-3H3,(H,14,15,17). The summed E-state index contributed by atoms with van der Waals surface area (Å²) in [5.74, 6) is -0.0709. The van der Waals surface area contributed by atoms with Gasteiger partial charge in [-0.05, 0) is 13.8 Å². The van der Waals surface area contributed by atoms with Crippen molar-refractivity contribution in [2.75, 3.05) is 25.0 Å². The van der Waals surface area contributed by atoms with Crippen LogP contribution in [0.4, 0.5) is 5.13 Å². The van der Waals surface area contributed by atoms with Gasteiger partial charge in [0.15, 0.2) is 5.13 Å². The van der Waals surface area contributed by atoms with Crippen molar-refractivity contribution in [2.45, 2.75) is 32.9 Å². The predicted octanol–water partition coefficient (Wildman–Crippen LogP) is 1.29. The van der Waals surface area contributed by atoms with E-state index < -0.39 is 0 Å². The number of rotatable bonds is 3. The molecular formula is C12H20N4OS. The number of hydrogen-bond donors (Lipinski definition) is 2. The van der Waals surface area contributed by atoms with Gasteiger partial charge in [0.1, 0.15) is 0 Å². The number of amides is 1. The number of anilines is 1. The second-order valence-corrected chi connectivity index (χ2v) is 6.09. The molecule has 18 heavy (non-hydrogen) atoms. The molecule has 2 heterocycles. The molecule has 1 aliphatic heterocycles. The van der Waals surface area contributed by atoms with E-state index in [-0.39, 0.29) is 11.4 Å². The molecule has 0 atom stereocenters. The van der Waals surface area contributed by atoms with Crippen molar-refractivity contribution in [3.05, 3.63) is 11.1 Å². The molecular weight excluding hydrogens is 248 g/mol. The highest BCUT2D eigenvalue weighted by Gasteiger charge is 2.29. The molecule has 2 N–H and O–H groups in total. The molecule has 0 aliphatic carbocycles. The molecule has 1 aliphatic rings. The van der Waals surface area contributed by atoms with Crippen LogP contribution in [0.1, 0.15) is 26.5 Å². The van der Waals surface area contributed by atoms with Crippen LogP contribution in [0.25, 0.3) is 0 Å². The van der Waals surface area contributed by atoms with Gasteiger partial charge in [0.05, 0.1) is 5.69 Å². The fourth-order valence-electron chi connectivity index (χ4n) is 2.10. The highest BCUT2D eigenvalue weighted by Crippen LogP contribution is 2.22. The van der Waals surface area contributed by atoms with Crippen molar-refractivity contribution in [2.24, 2.45) is 0 Å². The molecule has 1 aromatic heterocycles. The maximum Gasteiger partial charge on any atom is 0.223 e. The average molecular weight is 268 g/mol. The quantitative estimate of drug-likeness (QED) is 0.867. The van der Waals surface area contributed by atoms with Crippen LogP contribution in [0.3, 0.4) is 0 Å². The van der Waals surface area contributed by atoms with Crippen LogP contribution in [0.2, 0.25) is 0 Å². The van der Waals surface area contributed by atoms with Gasteiger partial charge in [-0.1, -0.05) is 0 Å². The van der Waals surface area contributed by atoms with E-state index in [0.717, 1.165) is 31.9 Å². The van der Waals surface area contributed by atoms with Crippen molar-refractivity contribution >= 4 is 22.4 Å². The predicted molar refractivity (Wildman–Crippen MR) is 73.8 cm³/mol. The van der Waals surface area contributed by atoms with Crippen LogP contribution >= 0.6 is 11.3 Å². The van der Waals surface area contributed by atoms with Crippen molar-refractivity contribution in [3.8, 4) is 0 Å². The molecule has 6 heteroatoms. The molecule has 1 saturated heterocycles. The fourth-order valence-corrected chi connectivity index (χ4v) is 2.85. The first-order valence-electron chi connectivity index (χ1n) is 6.15. The van der Waals surface area contributed by atoms with Crippen LogP contribution in [0, 0.1) is 0 Å². The molecule has 1 fully saturated rings. The van der Waals surface area contributed by atoms with E-state index in [0.29, 0.717) is 5.13 Å². The maximum atomic E-state index is 11.0. The minimum atomic E-state index is -0.0709. The number of carbonyl (C=O) groups is 1. The topological polar surface area (TPSA) is 57.3 Å². The normalized spacial score (nSPS) is 19.7. The van der Waals surface area contributed by atoms with Crippen LogP contribution in [-0.2, 0) is 11.3 Å². The zero-order valence-corrected chi connectivity index (χ0v) is 11.9. The molecule has 0 bridgehead atoms. The van der Waals surface area contributed by atoms with E-state index in [1.165, 1.54) is 18.3 Å². The number of nitrogens with zero attached hydrogens (tertiary/aromatic N) is 2. The summed E-state index contributed by atoms with van der Waals surface area (Å²) < 4.78 is 0. The summed E-state index contributed by atoms with van der Waals surface area (Å²) in [6, 6.07) is 0. The molecule has 0 unspecified atom stereocenters. The number of piperazine rings is 1. The summed E-state index contributed by atoms with van der Waals surface area (Å²) in [7, 11) is 0. The summed E-state index contributed by atoms with van der Waals surface area (Å²) in [5, 5.41) is 8.83. The molecule has 0 radical (unpaired) electrons. The van der Waals surface area contributed by atoms with Crippen LogP contribution < -0.4 is 10.6 Å². The summed E-state index contributed by atoms with van der Waals surface area (Å²) in [4.78, 5) is 17.8. The van der Waals surface area contributed by atoms with Crippen molar-refractivity contribution < 1.29 is 4.79 Å². The molecule has 5 nitrogen and oxygen atoms in total. The molecule has 0 spiro atoms. The van der Waals surface area contributed by atoms with Crippen molar-refractivity contribution in [3.63, 3.8) is 0 Å². The third-order valence-electron chi connectivity index (χ3n) is 3.16. The molecule has 1 amide bonds. The van der Waals surface area contributed by atoms with Gasteiger partial charge < -0.3 is 10.6 Å². The number of hydrogen-bond acceptors (Lipinski definition) is 5. The Morgan fingerprint density at radius 3 is 3.11 bits per heavy atom. The van der Waals surface area contributed by atoms with E-state index in [4.69, 9.17) is 0 Å². The molecule has 2 rings (SSSR count). The maximum absolute atomic E-state index is 11.0. The second-order valence-electron chi connectivity index (χ2n) is 5.24. The van der Waals surface area contributed by atoms with E-state index in [9.17, 15) is 4.79 Å². The largest absolute Gasteiger partial charge is 0.314 e. The summed E-state index contributed by atoms with van der Waals surface area (Å²) >= 11 is 1.48. The number of thiazole rings is 1. The highest BCUT2D eigenvalue weighted by molar-refractivity contribution is 7.13. The van der Waals surface area contributed by atoms with E-state index in [1.54, 1.807) is 0 Å². The Morgan fingerprint density at radius 2 is 2.44 bits per heavy atom. The number of nitrogens with one attached hydrogen (secondary N) is 2. The Hall–Kier alpha value is -0.980. The molecule has 100 valence electrons. The van der Waals surface area contributed by atoms with Crippen molar-refractivity contribution in [1.82, 2.24) is 15.2 Å². The van der Waals surface area contributed by atoms with Gasteiger partial charge in [0.2, 0.25) is 5.91 Å². The summed E-state index contributed by atoms with van der Waals surface area (Å²) in [5.41, 5.74) is 1.18. The average Bonchev–Trinajstić information content (AvgIpc) is 2.68. The van der Waals surface area contributed by atoms with E-state index in [2.05, 4.69) is 34.4 Å². The minimum Gasteiger partial charge on any atom is -0.314 e. The Kier molecular flexibility index (Phi) is 3.99. The van der Waals surface area contributed by atoms with Crippen LogP contribution in [0.15, 0.2) is 5.38 Å². The third-order valence-corrected chi connectivity index (χ3v) is 3.97. The van der Waals surface area contributed by atoms with Crippen molar-refractivity contribution in [1.29, 1.82) is 0 Å². The Balaban J connectivity index is 2.00. The first kappa shape index (κ1) is 13.5. The van der Waals surface area contributed by atoms with E-state index >= 15 is 0 Å². The Labute approximate surface area is 112 Å². The highest BCUT2D eigenvalue weighted by atomic mass is 32.1. The molecule has 1 aromatic rings. The first-order chi connectivity index (χ1) is 8.47. The number of aromatic nitrogens is 1. The monoisotopic (exact) mass is 268 g/mol. The molecule has 0 saturated carbocycles. The first-order valence-corrected chi connectivity index (χ1v) is 7.03. The van der Waals surface area contributed by atoms with Gasteiger partial charge >= 0.3 is 0 Å². The van der Waals surface area contributed by atoms with E-state index in [1.807, 2.05) is 5.38 Å². The Bertz CT molecular complexity index is 429.